The van der Waals surface area contributed by atoms with Gasteiger partial charge in [0.15, 0.2) is 5.78 Å². The zero-order chi connectivity index (χ0) is 31.7. The van der Waals surface area contributed by atoms with Crippen molar-refractivity contribution in [1.29, 1.82) is 0 Å². The molecule has 7 nitrogen and oxygen atoms in total. The van der Waals surface area contributed by atoms with E-state index in [-0.39, 0.29) is 17.1 Å². The third-order valence-corrected chi connectivity index (χ3v) is 6.20. The molecule has 0 atom stereocenters. The Bertz CT molecular complexity index is 1320. The van der Waals surface area contributed by atoms with E-state index in [2.05, 4.69) is 43.9 Å². The second kappa shape index (κ2) is 19.1. The Balaban J connectivity index is 0.000000694. The van der Waals surface area contributed by atoms with E-state index in [0.717, 1.165) is 11.1 Å². The monoisotopic (exact) mass is 579 g/mol. The van der Waals surface area contributed by atoms with Gasteiger partial charge >= 0.3 is 0 Å². The fraction of sp³-hybridized carbons (Fsp3) is 0.382. The van der Waals surface area contributed by atoms with Gasteiger partial charge in [-0.2, -0.15) is 0 Å². The molecule has 1 saturated heterocycles. The number of halogens is 1. The van der Waals surface area contributed by atoms with Crippen LogP contribution in [0, 0.1) is 12.7 Å². The van der Waals surface area contributed by atoms with Crippen LogP contribution in [0.4, 0.5) is 15.8 Å². The second-order valence-electron chi connectivity index (χ2n) is 9.31. The van der Waals surface area contributed by atoms with Gasteiger partial charge in [0.1, 0.15) is 11.5 Å². The summed E-state index contributed by atoms with van der Waals surface area (Å²) >= 11 is 0. The van der Waals surface area contributed by atoms with Crippen molar-refractivity contribution in [2.45, 2.75) is 61.8 Å². The summed E-state index contributed by atoms with van der Waals surface area (Å²) in [4.78, 5) is 26.3. The SMILES string of the molecule is C/C=C(\C)CC.C=CC.CC.CC(=O)c1cc(-c2cc(NC(=O)c3cc(F)cc(N4CCOCC4)c3)ccc2C)no1. The van der Waals surface area contributed by atoms with Crippen molar-refractivity contribution in [2.24, 2.45) is 0 Å². The molecular formula is C34H46FN3O4. The maximum Gasteiger partial charge on any atom is 0.255 e. The summed E-state index contributed by atoms with van der Waals surface area (Å²) in [5.41, 5.74) is 5.00. The molecular weight excluding hydrogens is 533 g/mol. The van der Waals surface area contributed by atoms with Gasteiger partial charge in [-0.25, -0.2) is 4.39 Å². The van der Waals surface area contributed by atoms with Crippen molar-refractivity contribution in [3.05, 3.63) is 89.5 Å². The number of carbonyl (C=O) groups is 2. The Labute approximate surface area is 250 Å². The van der Waals surface area contributed by atoms with Gasteiger partial charge in [0.25, 0.3) is 5.91 Å². The normalized spacial score (nSPS) is 12.4. The number of benzene rings is 2. The molecule has 1 aliphatic rings. The fourth-order valence-electron chi connectivity index (χ4n) is 3.66. The van der Waals surface area contributed by atoms with Crippen molar-refractivity contribution >= 4 is 23.1 Å². The lowest BCUT2D eigenvalue weighted by Crippen LogP contribution is -2.36. The number of nitrogens with one attached hydrogen (secondary N) is 1. The maximum atomic E-state index is 14.2. The predicted octanol–water partition coefficient (Wildman–Crippen LogP) is 8.66. The lowest BCUT2D eigenvalue weighted by atomic mass is 10.0. The van der Waals surface area contributed by atoms with Gasteiger partial charge in [-0.05, 0) is 70.0 Å². The van der Waals surface area contributed by atoms with Crippen LogP contribution >= 0.6 is 0 Å². The quantitative estimate of drug-likeness (QED) is 0.232. The second-order valence-corrected chi connectivity index (χ2v) is 9.31. The lowest BCUT2D eigenvalue weighted by Gasteiger charge is -2.29. The first kappa shape index (κ1) is 36.0. The minimum absolute atomic E-state index is 0.166. The number of nitrogens with zero attached hydrogens (tertiary/aromatic N) is 2. The Hall–Kier alpha value is -4.04. The number of hydrogen-bond donors (Lipinski definition) is 1. The van der Waals surface area contributed by atoms with E-state index >= 15 is 0 Å². The number of hydrogen-bond acceptors (Lipinski definition) is 6. The largest absolute Gasteiger partial charge is 0.378 e. The van der Waals surface area contributed by atoms with Gasteiger partial charge in [-0.15, -0.1) is 6.58 Å². The molecule has 0 aliphatic carbocycles. The number of ketones is 1. The van der Waals surface area contributed by atoms with Crippen molar-refractivity contribution in [3.8, 4) is 11.3 Å². The minimum atomic E-state index is -0.474. The minimum Gasteiger partial charge on any atom is -0.378 e. The Morgan fingerprint density at radius 3 is 2.24 bits per heavy atom. The van der Waals surface area contributed by atoms with Crippen molar-refractivity contribution in [3.63, 3.8) is 0 Å². The summed E-state index contributed by atoms with van der Waals surface area (Å²) in [5, 5.41) is 6.76. The number of anilines is 2. The van der Waals surface area contributed by atoms with Crippen LogP contribution in [-0.4, -0.2) is 43.2 Å². The molecule has 1 amide bonds. The highest BCUT2D eigenvalue weighted by atomic mass is 19.1. The Kier molecular flexibility index (Phi) is 16.4. The van der Waals surface area contributed by atoms with E-state index < -0.39 is 11.7 Å². The van der Waals surface area contributed by atoms with E-state index in [1.807, 2.05) is 38.7 Å². The first-order valence-electron chi connectivity index (χ1n) is 14.4. The summed E-state index contributed by atoms with van der Waals surface area (Å²) < 4.78 is 24.6. The molecule has 42 heavy (non-hydrogen) atoms. The van der Waals surface area contributed by atoms with Crippen molar-refractivity contribution < 1.29 is 23.2 Å². The van der Waals surface area contributed by atoms with Crippen molar-refractivity contribution in [1.82, 2.24) is 5.16 Å². The van der Waals surface area contributed by atoms with Crippen LogP contribution in [0.1, 0.15) is 81.4 Å². The van der Waals surface area contributed by atoms with Crippen LogP contribution in [0.15, 0.2) is 71.3 Å². The third-order valence-electron chi connectivity index (χ3n) is 6.20. The summed E-state index contributed by atoms with van der Waals surface area (Å²) in [7, 11) is 0. The molecule has 3 aromatic rings. The molecule has 0 bridgehead atoms. The topological polar surface area (TPSA) is 84.7 Å². The van der Waals surface area contributed by atoms with E-state index in [1.54, 1.807) is 30.3 Å². The van der Waals surface area contributed by atoms with Crippen LogP contribution in [0.3, 0.4) is 0 Å². The summed E-state index contributed by atoms with van der Waals surface area (Å²) in [6.45, 7) is 21.3. The molecule has 1 aliphatic heterocycles. The molecule has 0 radical (unpaired) electrons. The number of rotatable bonds is 6. The highest BCUT2D eigenvalue weighted by Crippen LogP contribution is 2.27. The number of amides is 1. The van der Waals surface area contributed by atoms with Gasteiger partial charge in [0, 0.05) is 48.6 Å². The molecule has 4 rings (SSSR count). The molecule has 1 N–H and O–H groups in total. The maximum absolute atomic E-state index is 14.2. The summed E-state index contributed by atoms with van der Waals surface area (Å²) in [6.07, 6.45) is 5.08. The molecule has 0 saturated carbocycles. The molecule has 0 unspecified atom stereocenters. The molecule has 8 heteroatoms. The van der Waals surface area contributed by atoms with E-state index in [4.69, 9.17) is 9.26 Å². The molecule has 0 spiro atoms. The summed E-state index contributed by atoms with van der Waals surface area (Å²) in [5.74, 6) is -0.950. The average Bonchev–Trinajstić information content (AvgIpc) is 3.50. The number of aromatic nitrogens is 1. The number of allylic oxidation sites excluding steroid dienone is 3. The number of aryl methyl sites for hydroxylation is 1. The number of Topliss-reactive ketones (excluding diaryl/α,β-unsaturated/α-hetero) is 1. The van der Waals surface area contributed by atoms with Gasteiger partial charge in [-0.1, -0.05) is 49.7 Å². The first-order chi connectivity index (χ1) is 20.1. The highest BCUT2D eigenvalue weighted by Gasteiger charge is 2.17. The van der Waals surface area contributed by atoms with E-state index in [0.29, 0.717) is 43.4 Å². The average molecular weight is 580 g/mol. The number of carbonyl (C=O) groups excluding carboxylic acids is 2. The Morgan fingerprint density at radius 2 is 1.71 bits per heavy atom. The highest BCUT2D eigenvalue weighted by molar-refractivity contribution is 6.05. The Morgan fingerprint density at radius 1 is 1.07 bits per heavy atom. The lowest BCUT2D eigenvalue weighted by molar-refractivity contribution is 0.0977. The standard InChI is InChI=1S/C23H22FN3O4.C6H12.C3H6.C2H6/c1-14-3-4-18(12-20(14)21-13-22(15(2)28)31-26-21)25-23(29)16-9-17(24)11-19(10-16)27-5-7-30-8-6-27;1-4-6(3)5-2;1-3-2;1-2/h3-4,9-13H,5-8H2,1-2H3,(H,25,29);4H,5H2,1-3H3;3H,1H2,2H3;1-2H3/b;6-4+;;. The van der Waals surface area contributed by atoms with Crippen LogP contribution in [-0.2, 0) is 4.74 Å². The smallest absolute Gasteiger partial charge is 0.255 e. The zero-order valence-electron chi connectivity index (χ0n) is 26.3. The molecule has 228 valence electrons. The van der Waals surface area contributed by atoms with Gasteiger partial charge in [0.2, 0.25) is 5.76 Å². The zero-order valence-corrected chi connectivity index (χ0v) is 26.3. The first-order valence-corrected chi connectivity index (χ1v) is 14.4. The van der Waals surface area contributed by atoms with E-state index in [9.17, 15) is 14.0 Å². The van der Waals surface area contributed by atoms with Crippen LogP contribution < -0.4 is 10.2 Å². The van der Waals surface area contributed by atoms with E-state index in [1.165, 1.54) is 31.1 Å². The number of morpholine rings is 1. The van der Waals surface area contributed by atoms with Gasteiger partial charge in [0.05, 0.1) is 13.2 Å². The number of ether oxygens (including phenoxy) is 1. The predicted molar refractivity (Wildman–Crippen MR) is 171 cm³/mol. The molecule has 2 heterocycles. The van der Waals surface area contributed by atoms with Crippen LogP contribution in [0.25, 0.3) is 11.3 Å². The van der Waals surface area contributed by atoms with Crippen LogP contribution in [0.5, 0.6) is 0 Å². The van der Waals surface area contributed by atoms with Crippen molar-refractivity contribution in [2.75, 3.05) is 36.5 Å². The summed E-state index contributed by atoms with van der Waals surface area (Å²) in [6, 6.07) is 11.2. The fourth-order valence-corrected chi connectivity index (χ4v) is 3.66. The molecule has 1 aromatic heterocycles. The van der Waals surface area contributed by atoms with Crippen LogP contribution in [0.2, 0.25) is 0 Å². The molecule has 2 aromatic carbocycles. The molecule has 1 fully saturated rings. The third kappa shape index (κ3) is 11.4. The van der Waals surface area contributed by atoms with Gasteiger partial charge in [-0.3, -0.25) is 9.59 Å². The van der Waals surface area contributed by atoms with Gasteiger partial charge < -0.3 is 19.5 Å².